The van der Waals surface area contributed by atoms with Crippen LogP contribution in [0.2, 0.25) is 0 Å². The minimum atomic E-state index is -0.231. The number of nitrogens with one attached hydrogen (secondary N) is 1. The van der Waals surface area contributed by atoms with Gasteiger partial charge < -0.3 is 4.52 Å². The molecule has 0 aromatic carbocycles. The van der Waals surface area contributed by atoms with E-state index in [4.69, 9.17) is 9.78 Å². The van der Waals surface area contributed by atoms with Crippen LogP contribution in [-0.2, 0) is 4.79 Å². The molecule has 1 aliphatic rings. The summed E-state index contributed by atoms with van der Waals surface area (Å²) in [5.74, 6) is 0.399. The van der Waals surface area contributed by atoms with E-state index in [0.29, 0.717) is 5.88 Å². The monoisotopic (exact) mass is 262 g/mol. The zero-order chi connectivity index (χ0) is 13.8. The van der Waals surface area contributed by atoms with Gasteiger partial charge in [0, 0.05) is 25.1 Å². The molecule has 1 amide bonds. The van der Waals surface area contributed by atoms with Crippen LogP contribution in [0.15, 0.2) is 10.6 Å². The van der Waals surface area contributed by atoms with Gasteiger partial charge in [-0.1, -0.05) is 5.16 Å². The summed E-state index contributed by atoms with van der Waals surface area (Å²) in [6.45, 7) is 5.23. The Bertz CT molecular complexity index is 483. The molecule has 1 aliphatic heterocycles. The molecule has 102 valence electrons. The highest BCUT2D eigenvalue weighted by atomic mass is 16.5. The summed E-state index contributed by atoms with van der Waals surface area (Å²) in [7, 11) is 0. The van der Waals surface area contributed by atoms with Gasteiger partial charge in [0.1, 0.15) is 0 Å². The number of aryl methyl sites for hydroxylation is 1. The number of hydrogen-bond donors (Lipinski definition) is 1. The molecule has 1 saturated heterocycles. The summed E-state index contributed by atoms with van der Waals surface area (Å²) < 4.78 is 4.96. The largest absolute Gasteiger partial charge is 0.338 e. The molecule has 2 heterocycles. The van der Waals surface area contributed by atoms with Crippen molar-refractivity contribution >= 4 is 11.8 Å². The van der Waals surface area contributed by atoms with Crippen molar-refractivity contribution in [2.24, 2.45) is 5.92 Å². The van der Waals surface area contributed by atoms with Crippen LogP contribution in [0.25, 0.3) is 0 Å². The van der Waals surface area contributed by atoms with Crippen molar-refractivity contribution in [3.05, 3.63) is 11.8 Å². The number of nitrogens with zero attached hydrogens (tertiary/aromatic N) is 3. The second-order valence-electron chi connectivity index (χ2n) is 4.94. The lowest BCUT2D eigenvalue weighted by molar-refractivity contribution is -0.121. The molecule has 1 aromatic heterocycles. The second-order valence-corrected chi connectivity index (χ2v) is 4.94. The number of carbonyl (C=O) groups is 1. The van der Waals surface area contributed by atoms with E-state index < -0.39 is 0 Å². The Morgan fingerprint density at radius 3 is 2.84 bits per heavy atom. The summed E-state index contributed by atoms with van der Waals surface area (Å²) >= 11 is 0. The number of carbonyl (C=O) groups excluding carboxylic acids is 1. The molecule has 0 spiro atoms. The molecular formula is C13H18N4O2. The van der Waals surface area contributed by atoms with Crippen LogP contribution in [0, 0.1) is 24.2 Å². The Balaban J connectivity index is 1.87. The molecule has 2 rings (SSSR count). The number of amides is 1. The maximum absolute atomic E-state index is 12.1. The minimum Gasteiger partial charge on any atom is -0.338 e. The fourth-order valence-corrected chi connectivity index (χ4v) is 2.23. The molecule has 1 atom stereocenters. The van der Waals surface area contributed by atoms with E-state index in [1.807, 2.05) is 6.92 Å². The van der Waals surface area contributed by atoms with Crippen molar-refractivity contribution in [1.29, 1.82) is 5.26 Å². The first-order chi connectivity index (χ1) is 9.10. The van der Waals surface area contributed by atoms with Gasteiger partial charge in [-0.3, -0.25) is 15.0 Å². The topological polar surface area (TPSA) is 82.2 Å². The van der Waals surface area contributed by atoms with Crippen molar-refractivity contribution in [3.63, 3.8) is 0 Å². The average molecular weight is 262 g/mol. The number of likely N-dealkylation sites (tertiary alicyclic amines) is 1. The Kier molecular flexibility index (Phi) is 4.17. The van der Waals surface area contributed by atoms with E-state index in [9.17, 15) is 4.79 Å². The standard InChI is InChI=1S/C13H18N4O2/c1-9-7-12(19-16-9)15-13(18)10(2)17-5-3-11(8-14)4-6-17/h7,10-11H,3-6H2,1-2H3,(H,15,18). The first kappa shape index (κ1) is 13.6. The summed E-state index contributed by atoms with van der Waals surface area (Å²) in [6.07, 6.45) is 1.66. The number of piperidine rings is 1. The maximum atomic E-state index is 12.1. The van der Waals surface area contributed by atoms with E-state index in [2.05, 4.69) is 21.4 Å². The lowest BCUT2D eigenvalue weighted by Crippen LogP contribution is -2.45. The van der Waals surface area contributed by atoms with Crippen LogP contribution in [0.4, 0.5) is 5.88 Å². The quantitative estimate of drug-likeness (QED) is 0.893. The summed E-state index contributed by atoms with van der Waals surface area (Å²) in [5, 5.41) is 15.3. The number of nitriles is 1. The van der Waals surface area contributed by atoms with Gasteiger partial charge in [0.05, 0.1) is 17.8 Å². The van der Waals surface area contributed by atoms with Crippen molar-refractivity contribution < 1.29 is 9.32 Å². The van der Waals surface area contributed by atoms with Gasteiger partial charge in [-0.05, 0) is 26.7 Å². The normalized spacial score (nSPS) is 18.8. The number of aromatic nitrogens is 1. The molecule has 19 heavy (non-hydrogen) atoms. The van der Waals surface area contributed by atoms with Gasteiger partial charge in [-0.15, -0.1) is 0 Å². The van der Waals surface area contributed by atoms with Crippen molar-refractivity contribution in [2.45, 2.75) is 32.7 Å². The Morgan fingerprint density at radius 1 is 1.63 bits per heavy atom. The number of rotatable bonds is 3. The van der Waals surface area contributed by atoms with E-state index in [0.717, 1.165) is 31.6 Å². The fourth-order valence-electron chi connectivity index (χ4n) is 2.23. The lowest BCUT2D eigenvalue weighted by atomic mass is 9.97. The molecule has 1 fully saturated rings. The Morgan fingerprint density at radius 2 is 2.32 bits per heavy atom. The molecule has 1 unspecified atom stereocenters. The first-order valence-electron chi connectivity index (χ1n) is 6.48. The number of hydrogen-bond acceptors (Lipinski definition) is 5. The molecule has 1 N–H and O–H groups in total. The predicted molar refractivity (Wildman–Crippen MR) is 69.2 cm³/mol. The maximum Gasteiger partial charge on any atom is 0.243 e. The molecule has 0 radical (unpaired) electrons. The molecule has 0 saturated carbocycles. The van der Waals surface area contributed by atoms with Gasteiger partial charge in [0.2, 0.25) is 11.8 Å². The van der Waals surface area contributed by atoms with E-state index >= 15 is 0 Å². The predicted octanol–water partition coefficient (Wildman–Crippen LogP) is 1.55. The summed E-state index contributed by atoms with van der Waals surface area (Å²) in [4.78, 5) is 14.2. The third-order valence-corrected chi connectivity index (χ3v) is 3.51. The molecule has 0 aliphatic carbocycles. The summed E-state index contributed by atoms with van der Waals surface area (Å²) in [6, 6.07) is 3.74. The van der Waals surface area contributed by atoms with Crippen LogP contribution in [0.5, 0.6) is 0 Å². The smallest absolute Gasteiger partial charge is 0.243 e. The van der Waals surface area contributed by atoms with E-state index in [-0.39, 0.29) is 17.9 Å². The van der Waals surface area contributed by atoms with Gasteiger partial charge in [-0.25, -0.2) is 0 Å². The Hall–Kier alpha value is -1.87. The van der Waals surface area contributed by atoms with Gasteiger partial charge in [-0.2, -0.15) is 5.26 Å². The SMILES string of the molecule is Cc1cc(NC(=O)C(C)N2CCC(C#N)CC2)on1. The van der Waals surface area contributed by atoms with Crippen LogP contribution in [-0.4, -0.2) is 35.1 Å². The van der Waals surface area contributed by atoms with Crippen molar-refractivity contribution in [3.8, 4) is 6.07 Å². The Labute approximate surface area is 112 Å². The van der Waals surface area contributed by atoms with Crippen molar-refractivity contribution in [2.75, 3.05) is 18.4 Å². The van der Waals surface area contributed by atoms with Crippen LogP contribution in [0.3, 0.4) is 0 Å². The van der Waals surface area contributed by atoms with Crippen molar-refractivity contribution in [1.82, 2.24) is 10.1 Å². The van der Waals surface area contributed by atoms with Gasteiger partial charge >= 0.3 is 0 Å². The highest BCUT2D eigenvalue weighted by Gasteiger charge is 2.26. The fraction of sp³-hybridized carbons (Fsp3) is 0.615. The minimum absolute atomic E-state index is 0.105. The van der Waals surface area contributed by atoms with E-state index in [1.54, 1.807) is 13.0 Å². The van der Waals surface area contributed by atoms with Gasteiger partial charge in [0.25, 0.3) is 0 Å². The molecule has 1 aromatic rings. The number of anilines is 1. The van der Waals surface area contributed by atoms with Crippen LogP contribution >= 0.6 is 0 Å². The second kappa shape index (κ2) is 5.85. The van der Waals surface area contributed by atoms with E-state index in [1.165, 1.54) is 0 Å². The zero-order valence-electron chi connectivity index (χ0n) is 11.2. The molecule has 0 bridgehead atoms. The van der Waals surface area contributed by atoms with Gasteiger partial charge in [0.15, 0.2) is 0 Å². The molecule has 6 heteroatoms. The molecular weight excluding hydrogens is 244 g/mol. The molecule has 6 nitrogen and oxygen atoms in total. The van der Waals surface area contributed by atoms with Crippen LogP contribution < -0.4 is 5.32 Å². The first-order valence-corrected chi connectivity index (χ1v) is 6.48. The average Bonchev–Trinajstić information content (AvgIpc) is 2.83. The van der Waals surface area contributed by atoms with Crippen LogP contribution in [0.1, 0.15) is 25.5 Å². The zero-order valence-corrected chi connectivity index (χ0v) is 11.2. The third-order valence-electron chi connectivity index (χ3n) is 3.51. The third kappa shape index (κ3) is 3.32. The highest BCUT2D eigenvalue weighted by Crippen LogP contribution is 2.19. The lowest BCUT2D eigenvalue weighted by Gasteiger charge is -2.32. The summed E-state index contributed by atoms with van der Waals surface area (Å²) in [5.41, 5.74) is 0.734. The highest BCUT2D eigenvalue weighted by molar-refractivity contribution is 5.93.